The monoisotopic (exact) mass is 346 g/mol. The molecule has 1 amide bonds. The predicted octanol–water partition coefficient (Wildman–Crippen LogP) is 4.55. The molecule has 8 heteroatoms. The van der Waals surface area contributed by atoms with E-state index in [0.717, 1.165) is 18.2 Å². The number of anilines is 2. The van der Waals surface area contributed by atoms with Crippen LogP contribution in [0.25, 0.3) is 0 Å². The lowest BCUT2D eigenvalue weighted by molar-refractivity contribution is -0.137. The lowest BCUT2D eigenvalue weighted by Gasteiger charge is -2.10. The van der Waals surface area contributed by atoms with Crippen molar-refractivity contribution in [3.8, 4) is 0 Å². The zero-order valence-corrected chi connectivity index (χ0v) is 12.3. The molecule has 0 aliphatic heterocycles. The summed E-state index contributed by atoms with van der Waals surface area (Å²) in [7, 11) is 0. The molecule has 0 spiro atoms. The number of hydrogen-bond donors (Lipinski definition) is 2. The lowest BCUT2D eigenvalue weighted by Crippen LogP contribution is -2.22. The predicted molar refractivity (Wildman–Crippen MR) is 80.0 cm³/mol. The highest BCUT2D eigenvalue weighted by Crippen LogP contribution is 2.29. The van der Waals surface area contributed by atoms with Crippen LogP contribution in [0.3, 0.4) is 0 Å². The lowest BCUT2D eigenvalue weighted by atomic mass is 10.2. The molecule has 2 rings (SSSR count). The van der Waals surface area contributed by atoms with E-state index in [4.69, 9.17) is 11.6 Å². The van der Waals surface area contributed by atoms with Crippen LogP contribution in [0.1, 0.15) is 5.56 Å². The Bertz CT molecular complexity index is 702. The molecule has 0 atom stereocenters. The molecule has 3 nitrogen and oxygen atoms in total. The minimum absolute atomic E-state index is 0.0725. The summed E-state index contributed by atoms with van der Waals surface area (Å²) < 4.78 is 50.7. The summed E-state index contributed by atoms with van der Waals surface area (Å²) in [4.78, 5) is 11.7. The molecule has 0 saturated carbocycles. The van der Waals surface area contributed by atoms with Gasteiger partial charge in [-0.2, -0.15) is 13.2 Å². The molecule has 0 fully saturated rings. The van der Waals surface area contributed by atoms with Crippen LogP contribution >= 0.6 is 11.6 Å². The molecule has 23 heavy (non-hydrogen) atoms. The fraction of sp³-hybridized carbons (Fsp3) is 0.133. The summed E-state index contributed by atoms with van der Waals surface area (Å²) in [5, 5.41) is 5.22. The third-order valence-corrected chi connectivity index (χ3v) is 3.10. The Hall–Kier alpha value is -2.28. The minimum Gasteiger partial charge on any atom is -0.376 e. The Morgan fingerprint density at radius 1 is 1.09 bits per heavy atom. The second kappa shape index (κ2) is 6.87. The number of rotatable bonds is 4. The van der Waals surface area contributed by atoms with Gasteiger partial charge in [0, 0.05) is 10.7 Å². The van der Waals surface area contributed by atoms with E-state index in [9.17, 15) is 22.4 Å². The van der Waals surface area contributed by atoms with E-state index in [1.54, 1.807) is 0 Å². The van der Waals surface area contributed by atoms with Gasteiger partial charge < -0.3 is 10.6 Å². The zero-order chi connectivity index (χ0) is 17.0. The average Bonchev–Trinajstić information content (AvgIpc) is 2.48. The molecule has 0 saturated heterocycles. The molecule has 0 bridgehead atoms. The van der Waals surface area contributed by atoms with Crippen molar-refractivity contribution < 1.29 is 22.4 Å². The Balaban J connectivity index is 1.93. The van der Waals surface area contributed by atoms with Crippen molar-refractivity contribution in [2.45, 2.75) is 6.18 Å². The maximum atomic E-state index is 13.4. The van der Waals surface area contributed by atoms with Gasteiger partial charge in [-0.1, -0.05) is 11.6 Å². The van der Waals surface area contributed by atoms with Crippen molar-refractivity contribution in [2.75, 3.05) is 17.2 Å². The Labute approximate surface area is 134 Å². The zero-order valence-electron chi connectivity index (χ0n) is 11.5. The number of nitrogens with one attached hydrogen (secondary N) is 2. The maximum Gasteiger partial charge on any atom is 0.416 e. The van der Waals surface area contributed by atoms with Crippen LogP contribution in [-0.2, 0) is 11.0 Å². The third kappa shape index (κ3) is 4.85. The summed E-state index contributed by atoms with van der Waals surface area (Å²) in [5.41, 5.74) is -0.523. The van der Waals surface area contributed by atoms with E-state index in [0.29, 0.717) is 5.69 Å². The summed E-state index contributed by atoms with van der Waals surface area (Å²) in [6, 6.07) is 7.92. The van der Waals surface area contributed by atoms with Gasteiger partial charge in [0.25, 0.3) is 0 Å². The molecule has 2 N–H and O–H groups in total. The van der Waals surface area contributed by atoms with Gasteiger partial charge in [-0.3, -0.25) is 4.79 Å². The summed E-state index contributed by atoms with van der Waals surface area (Å²) in [6.07, 6.45) is -4.42. The van der Waals surface area contributed by atoms with Crippen LogP contribution in [0.15, 0.2) is 42.5 Å². The van der Waals surface area contributed by atoms with Crippen LogP contribution in [0.5, 0.6) is 0 Å². The topological polar surface area (TPSA) is 41.1 Å². The van der Waals surface area contributed by atoms with Gasteiger partial charge in [0.05, 0.1) is 17.8 Å². The molecule has 122 valence electrons. The van der Waals surface area contributed by atoms with E-state index in [-0.39, 0.29) is 17.3 Å². The van der Waals surface area contributed by atoms with Crippen molar-refractivity contribution in [3.63, 3.8) is 0 Å². The first-order chi connectivity index (χ1) is 10.8. The van der Waals surface area contributed by atoms with Crippen molar-refractivity contribution in [1.29, 1.82) is 0 Å². The first-order valence-corrected chi connectivity index (χ1v) is 6.79. The van der Waals surface area contributed by atoms with E-state index in [2.05, 4.69) is 10.6 Å². The van der Waals surface area contributed by atoms with Gasteiger partial charge in [0.2, 0.25) is 5.91 Å². The average molecular weight is 347 g/mol. The second-order valence-corrected chi connectivity index (χ2v) is 5.04. The van der Waals surface area contributed by atoms with E-state index < -0.39 is 23.5 Å². The number of carbonyl (C=O) groups excluding carboxylic acids is 1. The smallest absolute Gasteiger partial charge is 0.376 e. The Morgan fingerprint density at radius 2 is 1.74 bits per heavy atom. The van der Waals surface area contributed by atoms with Gasteiger partial charge in [-0.25, -0.2) is 4.39 Å². The van der Waals surface area contributed by atoms with Gasteiger partial charge in [-0.15, -0.1) is 0 Å². The van der Waals surface area contributed by atoms with Crippen molar-refractivity contribution in [2.24, 2.45) is 0 Å². The molecule has 2 aromatic carbocycles. The van der Waals surface area contributed by atoms with Crippen LogP contribution in [0.4, 0.5) is 28.9 Å². The number of hydrogen-bond acceptors (Lipinski definition) is 2. The normalized spacial score (nSPS) is 11.2. The number of amides is 1. The van der Waals surface area contributed by atoms with Crippen LogP contribution in [0, 0.1) is 5.82 Å². The molecular weight excluding hydrogens is 336 g/mol. The van der Waals surface area contributed by atoms with Crippen molar-refractivity contribution in [3.05, 3.63) is 58.9 Å². The molecule has 0 unspecified atom stereocenters. The maximum absolute atomic E-state index is 13.4. The fourth-order valence-corrected chi connectivity index (χ4v) is 1.92. The van der Waals surface area contributed by atoms with Crippen LogP contribution < -0.4 is 10.6 Å². The number of benzene rings is 2. The van der Waals surface area contributed by atoms with Crippen LogP contribution in [-0.4, -0.2) is 12.5 Å². The summed E-state index contributed by atoms with van der Waals surface area (Å²) in [6.45, 7) is -0.239. The first kappa shape index (κ1) is 17.1. The molecule has 0 aromatic heterocycles. The highest BCUT2D eigenvalue weighted by Gasteiger charge is 2.29. The highest BCUT2D eigenvalue weighted by atomic mass is 35.5. The standard InChI is InChI=1S/C15H11ClF4N2O/c16-10-3-6-12(17)13(7-10)22-14(23)8-21-11-4-1-9(2-5-11)15(18,19)20/h1-7,21H,8H2,(H,22,23). The summed E-state index contributed by atoms with van der Waals surface area (Å²) in [5.74, 6) is -1.21. The van der Waals surface area contributed by atoms with E-state index >= 15 is 0 Å². The van der Waals surface area contributed by atoms with Crippen LogP contribution in [0.2, 0.25) is 5.02 Å². The number of carbonyl (C=O) groups is 1. The van der Waals surface area contributed by atoms with E-state index in [1.807, 2.05) is 0 Å². The molecule has 0 aliphatic rings. The SMILES string of the molecule is O=C(CNc1ccc(C(F)(F)F)cc1)Nc1cc(Cl)ccc1F. The number of alkyl halides is 3. The fourth-order valence-electron chi connectivity index (χ4n) is 1.75. The minimum atomic E-state index is -4.42. The molecule has 0 heterocycles. The van der Waals surface area contributed by atoms with Crippen molar-refractivity contribution >= 4 is 28.9 Å². The van der Waals surface area contributed by atoms with Gasteiger partial charge in [0.15, 0.2) is 0 Å². The van der Waals surface area contributed by atoms with Gasteiger partial charge >= 0.3 is 6.18 Å². The largest absolute Gasteiger partial charge is 0.416 e. The Kier molecular flexibility index (Phi) is 5.10. The van der Waals surface area contributed by atoms with Crippen molar-refractivity contribution in [1.82, 2.24) is 0 Å². The quantitative estimate of drug-likeness (QED) is 0.797. The van der Waals surface area contributed by atoms with Gasteiger partial charge in [-0.05, 0) is 42.5 Å². The summed E-state index contributed by atoms with van der Waals surface area (Å²) >= 11 is 5.70. The van der Waals surface area contributed by atoms with E-state index in [1.165, 1.54) is 24.3 Å². The molecule has 0 aliphatic carbocycles. The first-order valence-electron chi connectivity index (χ1n) is 6.42. The molecule has 0 radical (unpaired) electrons. The molecular formula is C15H11ClF4N2O. The molecule has 2 aromatic rings. The number of halogens is 5. The Morgan fingerprint density at radius 3 is 2.35 bits per heavy atom. The second-order valence-electron chi connectivity index (χ2n) is 4.60. The highest BCUT2D eigenvalue weighted by molar-refractivity contribution is 6.30. The van der Waals surface area contributed by atoms with Gasteiger partial charge in [0.1, 0.15) is 5.82 Å². The third-order valence-electron chi connectivity index (χ3n) is 2.87.